The Morgan fingerprint density at radius 3 is 2.64 bits per heavy atom. The zero-order valence-electron chi connectivity index (χ0n) is 13.5. The van der Waals surface area contributed by atoms with Gasteiger partial charge in [-0.05, 0) is 36.8 Å². The van der Waals surface area contributed by atoms with Crippen molar-refractivity contribution in [3.63, 3.8) is 0 Å². The lowest BCUT2D eigenvalue weighted by atomic mass is 9.97. The highest BCUT2D eigenvalue weighted by atomic mass is 32.1. The largest absolute Gasteiger partial charge is 0.330 e. The molecule has 5 heteroatoms. The summed E-state index contributed by atoms with van der Waals surface area (Å²) in [7, 11) is 0. The third kappa shape index (κ3) is 3.63. The summed E-state index contributed by atoms with van der Waals surface area (Å²) in [6.45, 7) is 6.95. The quantitative estimate of drug-likeness (QED) is 0.923. The Hall–Kier alpha value is -1.07. The minimum atomic E-state index is 0.126. The number of piperazine rings is 1. The van der Waals surface area contributed by atoms with Crippen molar-refractivity contribution < 1.29 is 4.79 Å². The second kappa shape index (κ2) is 7.47. The minimum absolute atomic E-state index is 0.126. The van der Waals surface area contributed by atoms with Gasteiger partial charge in [-0.1, -0.05) is 25.8 Å². The number of nitrogens with one attached hydrogen (secondary N) is 1. The average Bonchev–Trinajstić information content (AvgIpc) is 3.26. The molecule has 1 aromatic rings. The second-order valence-corrected chi connectivity index (χ2v) is 7.39. The van der Waals surface area contributed by atoms with Crippen LogP contribution in [0.3, 0.4) is 0 Å². The predicted molar refractivity (Wildman–Crippen MR) is 91.2 cm³/mol. The van der Waals surface area contributed by atoms with Gasteiger partial charge in [0.15, 0.2) is 0 Å². The summed E-state index contributed by atoms with van der Waals surface area (Å²) in [5, 5.41) is 5.46. The van der Waals surface area contributed by atoms with Gasteiger partial charge < -0.3 is 15.1 Å². The summed E-state index contributed by atoms with van der Waals surface area (Å²) >= 11 is 1.77. The van der Waals surface area contributed by atoms with Gasteiger partial charge in [0.1, 0.15) is 0 Å². The summed E-state index contributed by atoms with van der Waals surface area (Å²) in [4.78, 5) is 18.4. The fourth-order valence-electron chi connectivity index (χ4n) is 3.67. The molecule has 1 aliphatic carbocycles. The lowest BCUT2D eigenvalue weighted by molar-refractivity contribution is 0.138. The molecule has 1 aliphatic heterocycles. The molecule has 2 aliphatic rings. The van der Waals surface area contributed by atoms with Crippen LogP contribution in [0.2, 0.25) is 0 Å². The molecule has 1 unspecified atom stereocenters. The van der Waals surface area contributed by atoms with Gasteiger partial charge in [-0.25, -0.2) is 4.79 Å². The van der Waals surface area contributed by atoms with Gasteiger partial charge in [0.05, 0.1) is 6.04 Å². The number of nitrogens with zero attached hydrogens (tertiary/aromatic N) is 2. The Morgan fingerprint density at radius 2 is 2.05 bits per heavy atom. The number of urea groups is 1. The predicted octanol–water partition coefficient (Wildman–Crippen LogP) is 3.33. The van der Waals surface area contributed by atoms with Crippen LogP contribution in [0.4, 0.5) is 4.79 Å². The van der Waals surface area contributed by atoms with E-state index in [1.807, 2.05) is 4.90 Å². The smallest absolute Gasteiger partial charge is 0.318 e. The summed E-state index contributed by atoms with van der Waals surface area (Å²) in [6, 6.07) is 4.59. The number of thiophene rings is 1. The van der Waals surface area contributed by atoms with Crippen molar-refractivity contribution in [2.24, 2.45) is 5.92 Å². The van der Waals surface area contributed by atoms with Crippen LogP contribution in [-0.4, -0.2) is 48.6 Å². The van der Waals surface area contributed by atoms with Gasteiger partial charge in [-0.2, -0.15) is 0 Å². The van der Waals surface area contributed by atoms with Gasteiger partial charge in [0.2, 0.25) is 0 Å². The normalized spacial score (nSPS) is 22.0. The van der Waals surface area contributed by atoms with E-state index in [-0.39, 0.29) is 12.1 Å². The van der Waals surface area contributed by atoms with Crippen molar-refractivity contribution in [2.75, 3.05) is 32.7 Å². The van der Waals surface area contributed by atoms with Crippen molar-refractivity contribution in [3.05, 3.63) is 22.4 Å². The fraction of sp³-hybridized carbons (Fsp3) is 0.706. The van der Waals surface area contributed by atoms with E-state index in [4.69, 9.17) is 0 Å². The van der Waals surface area contributed by atoms with E-state index in [1.165, 1.54) is 30.6 Å². The maximum Gasteiger partial charge on any atom is 0.318 e. The molecule has 4 nitrogen and oxygen atoms in total. The van der Waals surface area contributed by atoms with Gasteiger partial charge in [-0.3, -0.25) is 0 Å². The summed E-state index contributed by atoms with van der Waals surface area (Å²) in [6.07, 6.45) is 5.09. The average molecular weight is 321 g/mol. The third-order valence-electron chi connectivity index (χ3n) is 5.11. The SMILES string of the molecule is CCN1CCN(C(=O)NC(c2cccs2)C2CCCC2)CC1. The van der Waals surface area contributed by atoms with Crippen molar-refractivity contribution in [3.8, 4) is 0 Å². The van der Waals surface area contributed by atoms with Crippen LogP contribution in [0.15, 0.2) is 17.5 Å². The summed E-state index contributed by atoms with van der Waals surface area (Å²) < 4.78 is 0. The first-order valence-corrected chi connectivity index (χ1v) is 9.47. The molecule has 0 aromatic carbocycles. The molecular weight excluding hydrogens is 294 g/mol. The minimum Gasteiger partial charge on any atom is -0.330 e. The van der Waals surface area contributed by atoms with Gasteiger partial charge >= 0.3 is 6.03 Å². The Bertz CT molecular complexity index is 462. The first-order chi connectivity index (χ1) is 10.8. The lowest BCUT2D eigenvalue weighted by Crippen LogP contribution is -2.52. The van der Waals surface area contributed by atoms with Crippen molar-refractivity contribution >= 4 is 17.4 Å². The van der Waals surface area contributed by atoms with Crippen LogP contribution in [0, 0.1) is 5.92 Å². The van der Waals surface area contributed by atoms with Crippen LogP contribution in [-0.2, 0) is 0 Å². The molecule has 2 amide bonds. The van der Waals surface area contributed by atoms with Crippen LogP contribution in [0.5, 0.6) is 0 Å². The molecule has 1 saturated carbocycles. The molecule has 0 bridgehead atoms. The molecule has 3 rings (SSSR count). The highest BCUT2D eigenvalue weighted by molar-refractivity contribution is 7.10. The molecule has 22 heavy (non-hydrogen) atoms. The molecule has 122 valence electrons. The van der Waals surface area contributed by atoms with Gasteiger partial charge in [0.25, 0.3) is 0 Å². The summed E-state index contributed by atoms with van der Waals surface area (Å²) in [5.41, 5.74) is 0. The number of carbonyl (C=O) groups excluding carboxylic acids is 1. The Balaban J connectivity index is 1.62. The Kier molecular flexibility index (Phi) is 5.37. The number of rotatable bonds is 4. The fourth-order valence-corrected chi connectivity index (χ4v) is 4.54. The van der Waals surface area contributed by atoms with E-state index >= 15 is 0 Å². The first kappa shape index (κ1) is 15.8. The van der Waals surface area contributed by atoms with Gasteiger partial charge in [-0.15, -0.1) is 11.3 Å². The molecule has 2 fully saturated rings. The second-order valence-electron chi connectivity index (χ2n) is 6.41. The lowest BCUT2D eigenvalue weighted by Gasteiger charge is -2.35. The topological polar surface area (TPSA) is 35.6 Å². The molecular formula is C17H27N3OS. The standard InChI is InChI=1S/C17H27N3OS/c1-2-19-9-11-20(12-10-19)17(21)18-16(14-6-3-4-7-14)15-8-5-13-22-15/h5,8,13-14,16H,2-4,6-7,9-12H2,1H3,(H,18,21). The maximum absolute atomic E-state index is 12.7. The summed E-state index contributed by atoms with van der Waals surface area (Å²) in [5.74, 6) is 0.611. The highest BCUT2D eigenvalue weighted by Gasteiger charge is 2.30. The van der Waals surface area contributed by atoms with Crippen molar-refractivity contribution in [1.82, 2.24) is 15.1 Å². The van der Waals surface area contributed by atoms with E-state index in [0.29, 0.717) is 5.92 Å². The number of hydrogen-bond acceptors (Lipinski definition) is 3. The van der Waals surface area contributed by atoms with Crippen LogP contribution in [0.1, 0.15) is 43.5 Å². The molecule has 1 saturated heterocycles. The Morgan fingerprint density at radius 1 is 1.32 bits per heavy atom. The molecule has 1 N–H and O–H groups in total. The van der Waals surface area contributed by atoms with E-state index in [2.05, 4.69) is 34.7 Å². The zero-order valence-corrected chi connectivity index (χ0v) is 14.3. The monoisotopic (exact) mass is 321 g/mol. The van der Waals surface area contributed by atoms with E-state index < -0.39 is 0 Å². The molecule has 1 aromatic heterocycles. The van der Waals surface area contributed by atoms with E-state index in [0.717, 1.165) is 32.7 Å². The van der Waals surface area contributed by atoms with Crippen LogP contribution in [0.25, 0.3) is 0 Å². The zero-order chi connectivity index (χ0) is 15.4. The van der Waals surface area contributed by atoms with E-state index in [1.54, 1.807) is 11.3 Å². The van der Waals surface area contributed by atoms with Crippen LogP contribution >= 0.6 is 11.3 Å². The third-order valence-corrected chi connectivity index (χ3v) is 6.06. The van der Waals surface area contributed by atoms with Gasteiger partial charge in [0, 0.05) is 31.1 Å². The number of carbonyl (C=O) groups is 1. The Labute approximate surface area is 137 Å². The van der Waals surface area contributed by atoms with E-state index in [9.17, 15) is 4.79 Å². The number of amides is 2. The first-order valence-electron chi connectivity index (χ1n) is 8.59. The maximum atomic E-state index is 12.7. The molecule has 1 atom stereocenters. The van der Waals surface area contributed by atoms with Crippen LogP contribution < -0.4 is 5.32 Å². The molecule has 2 heterocycles. The highest BCUT2D eigenvalue weighted by Crippen LogP contribution is 2.37. The van der Waals surface area contributed by atoms with Crippen molar-refractivity contribution in [1.29, 1.82) is 0 Å². The molecule has 0 radical (unpaired) electrons. The number of hydrogen-bond donors (Lipinski definition) is 1. The molecule has 0 spiro atoms. The van der Waals surface area contributed by atoms with Crippen molar-refractivity contribution in [2.45, 2.75) is 38.6 Å². The number of likely N-dealkylation sites (N-methyl/N-ethyl adjacent to an activating group) is 1.